The number of aryl methyl sites for hydroxylation is 1. The van der Waals surface area contributed by atoms with E-state index in [1.165, 1.54) is 30.3 Å². The molecule has 8 heteroatoms. The van der Waals surface area contributed by atoms with Crippen molar-refractivity contribution in [1.29, 1.82) is 0 Å². The van der Waals surface area contributed by atoms with Gasteiger partial charge in [0.05, 0.1) is 17.1 Å². The van der Waals surface area contributed by atoms with Gasteiger partial charge >= 0.3 is 0 Å². The molecule has 0 aliphatic heterocycles. The fourth-order valence-electron chi connectivity index (χ4n) is 3.11. The van der Waals surface area contributed by atoms with Crippen LogP contribution in [-0.4, -0.2) is 27.4 Å². The number of carbonyl (C=O) groups is 1. The van der Waals surface area contributed by atoms with E-state index in [1.807, 2.05) is 42.2 Å². The van der Waals surface area contributed by atoms with Gasteiger partial charge in [0.1, 0.15) is 5.82 Å². The molecule has 2 N–H and O–H groups in total. The Balaban J connectivity index is 1.77. The number of para-hydroxylation sites is 2. The number of halogens is 1. The Morgan fingerprint density at radius 1 is 1.00 bits per heavy atom. The summed E-state index contributed by atoms with van der Waals surface area (Å²) >= 11 is 0. The molecule has 0 aliphatic carbocycles. The molecule has 3 rings (SSSR count). The summed E-state index contributed by atoms with van der Waals surface area (Å²) in [5.74, 6) is -0.950. The van der Waals surface area contributed by atoms with E-state index in [0.717, 1.165) is 5.69 Å². The minimum absolute atomic E-state index is 0.0380. The van der Waals surface area contributed by atoms with Gasteiger partial charge in [-0.2, -0.15) is 0 Å². The molecule has 0 atom stereocenters. The van der Waals surface area contributed by atoms with Crippen LogP contribution in [0.5, 0.6) is 0 Å². The zero-order valence-electron chi connectivity index (χ0n) is 17.3. The Hall–Kier alpha value is -3.39. The third-order valence-electron chi connectivity index (χ3n) is 4.72. The molecule has 0 saturated carbocycles. The lowest BCUT2D eigenvalue weighted by Gasteiger charge is -2.22. The van der Waals surface area contributed by atoms with Crippen molar-refractivity contribution in [2.75, 3.05) is 28.0 Å². The molecule has 3 aromatic carbocycles. The van der Waals surface area contributed by atoms with Crippen molar-refractivity contribution < 1.29 is 17.6 Å². The molecule has 1 amide bonds. The number of nitrogens with zero attached hydrogens (tertiary/aromatic N) is 1. The van der Waals surface area contributed by atoms with Gasteiger partial charge in [0.25, 0.3) is 10.0 Å². The number of amides is 1. The second kappa shape index (κ2) is 9.61. The maximum absolute atomic E-state index is 13.9. The van der Waals surface area contributed by atoms with Gasteiger partial charge in [0.2, 0.25) is 5.91 Å². The summed E-state index contributed by atoms with van der Waals surface area (Å²) < 4.78 is 41.8. The largest absolute Gasteiger partial charge is 0.362 e. The lowest BCUT2D eigenvalue weighted by molar-refractivity contribution is -0.115. The Morgan fingerprint density at radius 3 is 2.35 bits per heavy atom. The number of rotatable bonds is 8. The van der Waals surface area contributed by atoms with Crippen LogP contribution in [0.25, 0.3) is 0 Å². The molecule has 0 aliphatic rings. The lowest BCUT2D eigenvalue weighted by Crippen LogP contribution is -2.33. The van der Waals surface area contributed by atoms with Crippen LogP contribution >= 0.6 is 0 Å². The van der Waals surface area contributed by atoms with Crippen molar-refractivity contribution in [2.24, 2.45) is 0 Å². The maximum atomic E-state index is 13.9. The van der Waals surface area contributed by atoms with Crippen molar-refractivity contribution in [2.45, 2.75) is 18.7 Å². The molecule has 6 nitrogen and oxygen atoms in total. The molecule has 0 radical (unpaired) electrons. The van der Waals surface area contributed by atoms with Gasteiger partial charge in [-0.15, -0.1) is 0 Å². The first-order chi connectivity index (χ1) is 14.8. The number of anilines is 3. The second-order valence-electron chi connectivity index (χ2n) is 6.96. The average molecular weight is 442 g/mol. The van der Waals surface area contributed by atoms with Gasteiger partial charge in [-0.25, -0.2) is 12.8 Å². The van der Waals surface area contributed by atoms with E-state index >= 15 is 0 Å². The van der Waals surface area contributed by atoms with Crippen LogP contribution in [0.2, 0.25) is 0 Å². The predicted octanol–water partition coefficient (Wildman–Crippen LogP) is 4.40. The molecular weight excluding hydrogens is 417 g/mol. The molecule has 0 saturated heterocycles. The SMILES string of the molecule is CCN(CC(=O)Nc1ccc(C)c(S(=O)(=O)Nc2ccccc2F)c1)c1ccccc1. The first-order valence-corrected chi connectivity index (χ1v) is 11.3. The van der Waals surface area contributed by atoms with Crippen LogP contribution in [0.4, 0.5) is 21.5 Å². The monoisotopic (exact) mass is 441 g/mol. The van der Waals surface area contributed by atoms with Crippen LogP contribution in [0.3, 0.4) is 0 Å². The molecule has 0 spiro atoms. The van der Waals surface area contributed by atoms with Crippen LogP contribution in [0.15, 0.2) is 77.7 Å². The topological polar surface area (TPSA) is 78.5 Å². The number of likely N-dealkylation sites (N-methyl/N-ethyl adjacent to an activating group) is 1. The van der Waals surface area contributed by atoms with E-state index in [9.17, 15) is 17.6 Å². The molecule has 31 heavy (non-hydrogen) atoms. The van der Waals surface area contributed by atoms with Crippen molar-refractivity contribution in [3.63, 3.8) is 0 Å². The molecule has 0 heterocycles. The number of carbonyl (C=O) groups excluding carboxylic acids is 1. The smallest absolute Gasteiger partial charge is 0.262 e. The number of benzene rings is 3. The maximum Gasteiger partial charge on any atom is 0.262 e. The van der Waals surface area contributed by atoms with Crippen LogP contribution in [-0.2, 0) is 14.8 Å². The standard InChI is InChI=1S/C23H24FN3O3S/c1-3-27(19-9-5-4-6-10-19)16-23(28)25-18-14-13-17(2)22(15-18)31(29,30)26-21-12-8-7-11-20(21)24/h4-15,26H,3,16H2,1-2H3,(H,25,28). The van der Waals surface area contributed by atoms with Crippen LogP contribution < -0.4 is 14.9 Å². The Morgan fingerprint density at radius 2 is 1.68 bits per heavy atom. The number of hydrogen-bond acceptors (Lipinski definition) is 4. The summed E-state index contributed by atoms with van der Waals surface area (Å²) in [5.41, 5.74) is 1.59. The molecule has 0 unspecified atom stereocenters. The summed E-state index contributed by atoms with van der Waals surface area (Å²) in [6, 6.07) is 19.7. The minimum Gasteiger partial charge on any atom is -0.362 e. The predicted molar refractivity (Wildman–Crippen MR) is 121 cm³/mol. The number of sulfonamides is 1. The van der Waals surface area contributed by atoms with E-state index in [4.69, 9.17) is 0 Å². The number of nitrogens with one attached hydrogen (secondary N) is 2. The van der Waals surface area contributed by atoms with Gasteiger partial charge in [0, 0.05) is 17.9 Å². The fourth-order valence-corrected chi connectivity index (χ4v) is 4.45. The zero-order valence-corrected chi connectivity index (χ0v) is 18.1. The fraction of sp³-hybridized carbons (Fsp3) is 0.174. The van der Waals surface area contributed by atoms with Gasteiger partial charge in [-0.3, -0.25) is 9.52 Å². The highest BCUT2D eigenvalue weighted by Crippen LogP contribution is 2.24. The molecule has 0 fully saturated rings. The van der Waals surface area contributed by atoms with Gasteiger partial charge < -0.3 is 10.2 Å². The second-order valence-corrected chi connectivity index (χ2v) is 8.61. The molecular formula is C23H24FN3O3S. The molecule has 162 valence electrons. The average Bonchev–Trinajstić information content (AvgIpc) is 2.75. The van der Waals surface area contributed by atoms with Gasteiger partial charge in [-0.05, 0) is 55.8 Å². The normalized spacial score (nSPS) is 11.1. The van der Waals surface area contributed by atoms with E-state index in [2.05, 4.69) is 10.0 Å². The highest BCUT2D eigenvalue weighted by Gasteiger charge is 2.20. The van der Waals surface area contributed by atoms with E-state index < -0.39 is 15.8 Å². The summed E-state index contributed by atoms with van der Waals surface area (Å²) in [7, 11) is -4.05. The Kier molecular flexibility index (Phi) is 6.91. The van der Waals surface area contributed by atoms with Crippen LogP contribution in [0, 0.1) is 12.7 Å². The first kappa shape index (κ1) is 22.3. The third-order valence-corrected chi connectivity index (χ3v) is 6.22. The van der Waals surface area contributed by atoms with Crippen molar-refractivity contribution in [3.8, 4) is 0 Å². The summed E-state index contributed by atoms with van der Waals surface area (Å²) in [6.07, 6.45) is 0. The van der Waals surface area contributed by atoms with Crippen molar-refractivity contribution >= 4 is 33.0 Å². The minimum atomic E-state index is -4.05. The van der Waals surface area contributed by atoms with Crippen molar-refractivity contribution in [3.05, 3.63) is 84.2 Å². The summed E-state index contributed by atoms with van der Waals surface area (Å²) in [4.78, 5) is 14.4. The highest BCUT2D eigenvalue weighted by molar-refractivity contribution is 7.92. The third kappa shape index (κ3) is 5.61. The summed E-state index contributed by atoms with van der Waals surface area (Å²) in [6.45, 7) is 4.34. The van der Waals surface area contributed by atoms with E-state index in [-0.39, 0.29) is 23.0 Å². The molecule has 3 aromatic rings. The molecule has 0 aromatic heterocycles. The van der Waals surface area contributed by atoms with Crippen LogP contribution in [0.1, 0.15) is 12.5 Å². The quantitative estimate of drug-likeness (QED) is 0.543. The Bertz CT molecular complexity index is 1170. The summed E-state index contributed by atoms with van der Waals surface area (Å²) in [5, 5.41) is 2.74. The first-order valence-electron chi connectivity index (χ1n) is 9.78. The van der Waals surface area contributed by atoms with Gasteiger partial charge in [-0.1, -0.05) is 36.4 Å². The highest BCUT2D eigenvalue weighted by atomic mass is 32.2. The van der Waals surface area contributed by atoms with E-state index in [0.29, 0.717) is 17.8 Å². The molecule has 0 bridgehead atoms. The van der Waals surface area contributed by atoms with Gasteiger partial charge in [0.15, 0.2) is 0 Å². The van der Waals surface area contributed by atoms with Crippen molar-refractivity contribution in [1.82, 2.24) is 0 Å². The Labute approximate surface area is 181 Å². The van der Waals surface area contributed by atoms with E-state index in [1.54, 1.807) is 19.1 Å². The number of hydrogen-bond donors (Lipinski definition) is 2. The lowest BCUT2D eigenvalue weighted by atomic mass is 10.2. The zero-order chi connectivity index (χ0) is 22.4.